The van der Waals surface area contributed by atoms with E-state index in [0.717, 1.165) is 32.2 Å². The third kappa shape index (κ3) is 2.72. The summed E-state index contributed by atoms with van der Waals surface area (Å²) in [5.41, 5.74) is 0.149. The Labute approximate surface area is 112 Å². The first-order valence-electron chi connectivity index (χ1n) is 6.43. The smallest absolute Gasteiger partial charge is 0.318 e. The molecule has 2 rings (SSSR count). The molecule has 2 fully saturated rings. The number of nitrogens with one attached hydrogen (secondary N) is 1. The van der Waals surface area contributed by atoms with E-state index in [1.165, 1.54) is 0 Å². The SMILES string of the molecule is CC(C)(C)[C@]1(C)CCCN1C(=O)NC1CC1.S. The number of hydrogen-bond acceptors (Lipinski definition) is 1. The minimum absolute atomic E-state index is 0. The van der Waals surface area contributed by atoms with Crippen LogP contribution in [0.2, 0.25) is 0 Å². The van der Waals surface area contributed by atoms with Crippen LogP contribution < -0.4 is 5.32 Å². The van der Waals surface area contributed by atoms with Crippen molar-refractivity contribution in [1.82, 2.24) is 10.2 Å². The Bertz CT molecular complexity index is 296. The molecule has 100 valence electrons. The van der Waals surface area contributed by atoms with Crippen molar-refractivity contribution in [3.63, 3.8) is 0 Å². The molecule has 1 heterocycles. The van der Waals surface area contributed by atoms with Gasteiger partial charge in [0.05, 0.1) is 0 Å². The summed E-state index contributed by atoms with van der Waals surface area (Å²) in [5, 5.41) is 3.11. The van der Waals surface area contributed by atoms with Crippen LogP contribution in [0, 0.1) is 5.41 Å². The highest BCUT2D eigenvalue weighted by molar-refractivity contribution is 7.59. The number of urea groups is 1. The molecule has 2 amide bonds. The second-order valence-corrected chi connectivity index (χ2v) is 6.50. The van der Waals surface area contributed by atoms with Crippen LogP contribution in [0.5, 0.6) is 0 Å². The van der Waals surface area contributed by atoms with Crippen molar-refractivity contribution in [3.8, 4) is 0 Å². The number of likely N-dealkylation sites (tertiary alicyclic amines) is 1. The van der Waals surface area contributed by atoms with Crippen LogP contribution in [-0.2, 0) is 0 Å². The van der Waals surface area contributed by atoms with Crippen molar-refractivity contribution in [1.29, 1.82) is 0 Å². The maximum Gasteiger partial charge on any atom is 0.318 e. The van der Waals surface area contributed by atoms with E-state index in [1.807, 2.05) is 0 Å². The minimum atomic E-state index is 0. The summed E-state index contributed by atoms with van der Waals surface area (Å²) in [4.78, 5) is 14.2. The molecule has 1 atom stereocenters. The van der Waals surface area contributed by atoms with Gasteiger partial charge in [-0.25, -0.2) is 4.79 Å². The monoisotopic (exact) mass is 258 g/mol. The highest BCUT2D eigenvalue weighted by atomic mass is 32.1. The van der Waals surface area contributed by atoms with E-state index >= 15 is 0 Å². The third-order valence-corrected chi connectivity index (χ3v) is 4.41. The Morgan fingerprint density at radius 2 is 1.94 bits per heavy atom. The van der Waals surface area contributed by atoms with Gasteiger partial charge < -0.3 is 10.2 Å². The minimum Gasteiger partial charge on any atom is -0.335 e. The fraction of sp³-hybridized carbons (Fsp3) is 0.923. The summed E-state index contributed by atoms with van der Waals surface area (Å²) < 4.78 is 0. The van der Waals surface area contributed by atoms with E-state index < -0.39 is 0 Å². The van der Waals surface area contributed by atoms with Crippen molar-refractivity contribution in [2.75, 3.05) is 6.54 Å². The zero-order chi connectivity index (χ0) is 12.0. The van der Waals surface area contributed by atoms with Gasteiger partial charge in [-0.2, -0.15) is 13.5 Å². The molecule has 0 bridgehead atoms. The molecule has 1 saturated carbocycles. The highest BCUT2D eigenvalue weighted by Gasteiger charge is 2.48. The zero-order valence-electron chi connectivity index (χ0n) is 11.5. The molecule has 2 aliphatic rings. The number of nitrogens with zero attached hydrogens (tertiary/aromatic N) is 1. The second kappa shape index (κ2) is 4.71. The normalized spacial score (nSPS) is 28.8. The number of rotatable bonds is 1. The lowest BCUT2D eigenvalue weighted by Gasteiger charge is -2.45. The Hall–Kier alpha value is -0.380. The summed E-state index contributed by atoms with van der Waals surface area (Å²) in [6, 6.07) is 0.606. The largest absolute Gasteiger partial charge is 0.335 e. The van der Waals surface area contributed by atoms with Crippen molar-refractivity contribution in [3.05, 3.63) is 0 Å². The quantitative estimate of drug-likeness (QED) is 0.770. The molecule has 1 aliphatic heterocycles. The maximum atomic E-state index is 12.2. The van der Waals surface area contributed by atoms with E-state index in [1.54, 1.807) is 0 Å². The van der Waals surface area contributed by atoms with Crippen LogP contribution in [0.1, 0.15) is 53.4 Å². The molecule has 0 spiro atoms. The molecule has 4 heteroatoms. The van der Waals surface area contributed by atoms with Gasteiger partial charge in [0.2, 0.25) is 0 Å². The molecule has 0 aromatic carbocycles. The first-order valence-corrected chi connectivity index (χ1v) is 6.43. The number of hydrogen-bond donors (Lipinski definition) is 1. The molecule has 1 N–H and O–H groups in total. The Morgan fingerprint density at radius 1 is 1.35 bits per heavy atom. The number of carbonyl (C=O) groups is 1. The Kier molecular flexibility index (Phi) is 4.07. The van der Waals surface area contributed by atoms with E-state index in [9.17, 15) is 4.79 Å². The third-order valence-electron chi connectivity index (χ3n) is 4.41. The number of carbonyl (C=O) groups excluding carboxylic acids is 1. The van der Waals surface area contributed by atoms with Gasteiger partial charge in [0.15, 0.2) is 0 Å². The highest BCUT2D eigenvalue weighted by Crippen LogP contribution is 2.43. The van der Waals surface area contributed by atoms with Gasteiger partial charge in [-0.3, -0.25) is 0 Å². The van der Waals surface area contributed by atoms with Gasteiger partial charge in [0, 0.05) is 18.1 Å². The lowest BCUT2D eigenvalue weighted by Crippen LogP contribution is -2.56. The molecule has 17 heavy (non-hydrogen) atoms. The molecule has 0 aromatic heterocycles. The predicted molar refractivity (Wildman–Crippen MR) is 75.7 cm³/mol. The molecule has 0 unspecified atom stereocenters. The lowest BCUT2D eigenvalue weighted by atomic mass is 9.73. The zero-order valence-corrected chi connectivity index (χ0v) is 12.5. The van der Waals surface area contributed by atoms with E-state index in [4.69, 9.17) is 0 Å². The molecular weight excluding hydrogens is 232 g/mol. The van der Waals surface area contributed by atoms with E-state index in [0.29, 0.717) is 6.04 Å². The van der Waals surface area contributed by atoms with Crippen LogP contribution in [-0.4, -0.2) is 29.1 Å². The average Bonchev–Trinajstić information content (AvgIpc) is 2.85. The summed E-state index contributed by atoms with van der Waals surface area (Å²) in [7, 11) is 0. The lowest BCUT2D eigenvalue weighted by molar-refractivity contribution is 0.0677. The Morgan fingerprint density at radius 3 is 2.41 bits per heavy atom. The summed E-state index contributed by atoms with van der Waals surface area (Å²) in [6.07, 6.45) is 4.57. The van der Waals surface area contributed by atoms with Crippen LogP contribution in [0.15, 0.2) is 0 Å². The van der Waals surface area contributed by atoms with Crippen molar-refractivity contribution >= 4 is 19.5 Å². The van der Waals surface area contributed by atoms with Gasteiger partial charge in [-0.15, -0.1) is 0 Å². The molecular formula is C13H26N2OS. The van der Waals surface area contributed by atoms with Crippen LogP contribution in [0.4, 0.5) is 4.79 Å². The fourth-order valence-corrected chi connectivity index (χ4v) is 2.55. The molecule has 0 radical (unpaired) electrons. The summed E-state index contributed by atoms with van der Waals surface area (Å²) in [6.45, 7) is 9.83. The van der Waals surface area contributed by atoms with Gasteiger partial charge in [0.25, 0.3) is 0 Å². The van der Waals surface area contributed by atoms with Gasteiger partial charge >= 0.3 is 6.03 Å². The number of amides is 2. The van der Waals surface area contributed by atoms with E-state index in [2.05, 4.69) is 37.9 Å². The van der Waals surface area contributed by atoms with Crippen LogP contribution >= 0.6 is 13.5 Å². The Balaban J connectivity index is 0.00000144. The van der Waals surface area contributed by atoms with Crippen LogP contribution in [0.3, 0.4) is 0 Å². The second-order valence-electron chi connectivity index (χ2n) is 6.50. The molecule has 1 saturated heterocycles. The van der Waals surface area contributed by atoms with Gasteiger partial charge in [-0.1, -0.05) is 20.8 Å². The topological polar surface area (TPSA) is 32.3 Å². The predicted octanol–water partition coefficient (Wildman–Crippen LogP) is 2.87. The van der Waals surface area contributed by atoms with Crippen molar-refractivity contribution < 1.29 is 4.79 Å². The van der Waals surface area contributed by atoms with E-state index in [-0.39, 0.29) is 30.5 Å². The molecule has 1 aliphatic carbocycles. The van der Waals surface area contributed by atoms with Gasteiger partial charge in [-0.05, 0) is 38.0 Å². The molecule has 0 aromatic rings. The summed E-state index contributed by atoms with van der Waals surface area (Å²) in [5.74, 6) is 0. The first-order chi connectivity index (χ1) is 7.34. The average molecular weight is 258 g/mol. The fourth-order valence-electron chi connectivity index (χ4n) is 2.55. The van der Waals surface area contributed by atoms with Crippen molar-refractivity contribution in [2.24, 2.45) is 5.41 Å². The maximum absolute atomic E-state index is 12.2. The first kappa shape index (κ1) is 14.7. The summed E-state index contributed by atoms with van der Waals surface area (Å²) >= 11 is 0. The van der Waals surface area contributed by atoms with Gasteiger partial charge in [0.1, 0.15) is 0 Å². The molecule has 3 nitrogen and oxygen atoms in total. The standard InChI is InChI=1S/C13H24N2O.H2S/c1-12(2,3)13(4)8-5-9-15(13)11(16)14-10-6-7-10;/h10H,5-9H2,1-4H3,(H,14,16);1H2/t13-;/m0./s1. The van der Waals surface area contributed by atoms with Crippen LogP contribution in [0.25, 0.3) is 0 Å². The van der Waals surface area contributed by atoms with Crippen molar-refractivity contribution in [2.45, 2.75) is 65.0 Å².